The lowest BCUT2D eigenvalue weighted by Crippen LogP contribution is -2.41. The summed E-state index contributed by atoms with van der Waals surface area (Å²) < 4.78 is 75.9. The summed E-state index contributed by atoms with van der Waals surface area (Å²) in [5, 5.41) is 11.3. The van der Waals surface area contributed by atoms with Gasteiger partial charge in [0.25, 0.3) is 0 Å². The summed E-state index contributed by atoms with van der Waals surface area (Å²) in [5.41, 5.74) is 1.24. The van der Waals surface area contributed by atoms with Crippen LogP contribution < -0.4 is 10.1 Å². The molecule has 1 fully saturated rings. The number of ether oxygens (including phenoxy) is 2. The number of hydrogen-bond acceptors (Lipinski definition) is 6. The van der Waals surface area contributed by atoms with Crippen molar-refractivity contribution < 1.29 is 41.0 Å². The van der Waals surface area contributed by atoms with Crippen LogP contribution in [0.1, 0.15) is 24.8 Å². The first-order valence-corrected chi connectivity index (χ1v) is 12.4. The molecule has 3 rings (SSSR count). The van der Waals surface area contributed by atoms with Gasteiger partial charge < -0.3 is 14.6 Å². The molecule has 8 nitrogen and oxygen atoms in total. The molecular weight excluding hydrogens is 489 g/mol. The van der Waals surface area contributed by atoms with Gasteiger partial charge in [-0.25, -0.2) is 13.2 Å². The van der Waals surface area contributed by atoms with E-state index in [2.05, 4.69) is 5.32 Å². The minimum absolute atomic E-state index is 0.0677. The van der Waals surface area contributed by atoms with E-state index in [9.17, 15) is 26.4 Å². The molecule has 192 valence electrons. The highest BCUT2D eigenvalue weighted by molar-refractivity contribution is 7.89. The molecule has 1 aliphatic heterocycles. The fourth-order valence-corrected chi connectivity index (χ4v) is 5.01. The number of rotatable bonds is 8. The predicted molar refractivity (Wildman–Crippen MR) is 122 cm³/mol. The molecule has 0 bridgehead atoms. The second-order valence-corrected chi connectivity index (χ2v) is 10.1. The summed E-state index contributed by atoms with van der Waals surface area (Å²) in [7, 11) is -3.62. The number of sulfonamides is 1. The minimum Gasteiger partial charge on any atom is -0.481 e. The molecule has 0 saturated carbocycles. The third-order valence-corrected chi connectivity index (χ3v) is 7.38. The van der Waals surface area contributed by atoms with Crippen LogP contribution in [0, 0.1) is 6.92 Å². The van der Waals surface area contributed by atoms with Crippen molar-refractivity contribution in [1.29, 1.82) is 0 Å². The van der Waals surface area contributed by atoms with Gasteiger partial charge in [-0.15, -0.1) is 0 Å². The molecule has 1 heterocycles. The number of nitrogens with zero attached hydrogens (tertiary/aromatic N) is 1. The molecule has 1 saturated heterocycles. The Bertz CT molecular complexity index is 1080. The van der Waals surface area contributed by atoms with Crippen LogP contribution in [0.25, 0.3) is 0 Å². The van der Waals surface area contributed by atoms with Crippen molar-refractivity contribution >= 4 is 21.8 Å². The highest BCUT2D eigenvalue weighted by Crippen LogP contribution is 2.28. The number of aliphatic hydroxyl groups is 1. The van der Waals surface area contributed by atoms with E-state index in [0.29, 0.717) is 12.8 Å². The van der Waals surface area contributed by atoms with Crippen LogP contribution in [-0.2, 0) is 14.8 Å². The van der Waals surface area contributed by atoms with Crippen molar-refractivity contribution in [3.63, 3.8) is 0 Å². The fraction of sp³-hybridized carbons (Fsp3) is 0.435. The van der Waals surface area contributed by atoms with Gasteiger partial charge in [0.2, 0.25) is 10.0 Å². The molecule has 0 spiro atoms. The number of nitrogens with one attached hydrogen (secondary N) is 1. The highest BCUT2D eigenvalue weighted by Gasteiger charge is 2.41. The lowest BCUT2D eigenvalue weighted by molar-refractivity contribution is -0.198. The Labute approximate surface area is 201 Å². The Balaban J connectivity index is 1.48. The van der Waals surface area contributed by atoms with E-state index in [0.717, 1.165) is 5.56 Å². The summed E-state index contributed by atoms with van der Waals surface area (Å²) >= 11 is 0. The fourth-order valence-electron chi connectivity index (χ4n) is 3.54. The number of alkyl halides is 3. The summed E-state index contributed by atoms with van der Waals surface area (Å²) in [5.74, 6) is -0.0677. The first-order chi connectivity index (χ1) is 16.5. The number of aliphatic hydroxyl groups excluding tert-OH is 1. The Morgan fingerprint density at radius 2 is 1.71 bits per heavy atom. The maximum Gasteiger partial charge on any atom is 0.425 e. The quantitative estimate of drug-likeness (QED) is 0.548. The summed E-state index contributed by atoms with van der Waals surface area (Å²) in [4.78, 5) is 12.4. The van der Waals surface area contributed by atoms with E-state index in [-0.39, 0.29) is 29.4 Å². The lowest BCUT2D eigenvalue weighted by Gasteiger charge is -2.30. The van der Waals surface area contributed by atoms with Gasteiger partial charge in [-0.1, -0.05) is 17.7 Å². The lowest BCUT2D eigenvalue weighted by atomic mass is 10.1. The highest BCUT2D eigenvalue weighted by atomic mass is 32.2. The monoisotopic (exact) mass is 516 g/mol. The van der Waals surface area contributed by atoms with Gasteiger partial charge in [0.15, 0.2) is 6.10 Å². The number of piperidine rings is 1. The zero-order chi connectivity index (χ0) is 25.6. The molecular formula is C23H27F3N2O6S. The molecule has 1 amide bonds. The van der Waals surface area contributed by atoms with Crippen molar-refractivity contribution in [2.75, 3.05) is 25.0 Å². The Morgan fingerprint density at radius 1 is 1.11 bits per heavy atom. The molecule has 2 aromatic rings. The number of carbonyl (C=O) groups is 1. The third-order valence-electron chi connectivity index (χ3n) is 5.47. The Hall–Kier alpha value is -2.83. The first kappa shape index (κ1) is 26.8. The van der Waals surface area contributed by atoms with Crippen LogP contribution in [0.2, 0.25) is 0 Å². The second-order valence-electron chi connectivity index (χ2n) is 8.13. The maximum absolute atomic E-state index is 12.9. The largest absolute Gasteiger partial charge is 0.481 e. The smallest absolute Gasteiger partial charge is 0.425 e. The predicted octanol–water partition coefficient (Wildman–Crippen LogP) is 4.09. The van der Waals surface area contributed by atoms with E-state index in [1.165, 1.54) is 28.6 Å². The first-order valence-electron chi connectivity index (χ1n) is 11.0. The van der Waals surface area contributed by atoms with Crippen molar-refractivity contribution in [3.05, 3.63) is 54.1 Å². The van der Waals surface area contributed by atoms with E-state index >= 15 is 0 Å². The molecule has 0 unspecified atom stereocenters. The number of halogens is 3. The van der Waals surface area contributed by atoms with Crippen LogP contribution >= 0.6 is 0 Å². The van der Waals surface area contributed by atoms with Crippen LogP contribution in [0.3, 0.4) is 0 Å². The average Bonchev–Trinajstić information content (AvgIpc) is 2.80. The van der Waals surface area contributed by atoms with E-state index < -0.39 is 47.5 Å². The van der Waals surface area contributed by atoms with Crippen molar-refractivity contribution in [1.82, 2.24) is 4.31 Å². The van der Waals surface area contributed by atoms with Gasteiger partial charge in [0.05, 0.1) is 4.90 Å². The van der Waals surface area contributed by atoms with Crippen LogP contribution in [0.15, 0.2) is 53.4 Å². The van der Waals surface area contributed by atoms with Gasteiger partial charge in [-0.05, 0) is 56.2 Å². The molecule has 35 heavy (non-hydrogen) atoms. The van der Waals surface area contributed by atoms with Crippen LogP contribution in [-0.4, -0.2) is 62.0 Å². The summed E-state index contributed by atoms with van der Waals surface area (Å²) in [6, 6.07) is 11.8. The SMILES string of the molecule is Cc1ccc(S(=O)(=O)N2CCC(OC(=O)Nc3ccc(O[C@H](CCO)C(F)(F)F)cc3)CC2)cc1. The molecule has 2 N–H and O–H groups in total. The molecule has 1 aliphatic rings. The second kappa shape index (κ2) is 11.3. The van der Waals surface area contributed by atoms with Crippen LogP contribution in [0.5, 0.6) is 5.75 Å². The zero-order valence-corrected chi connectivity index (χ0v) is 19.8. The van der Waals surface area contributed by atoms with Gasteiger partial charge in [0.1, 0.15) is 11.9 Å². The molecule has 1 atom stereocenters. The van der Waals surface area contributed by atoms with Crippen molar-refractivity contribution in [3.8, 4) is 5.75 Å². The van der Waals surface area contributed by atoms with Gasteiger partial charge in [-0.2, -0.15) is 17.5 Å². The molecule has 0 radical (unpaired) electrons. The van der Waals surface area contributed by atoms with E-state index in [1.54, 1.807) is 24.3 Å². The number of hydrogen-bond donors (Lipinski definition) is 2. The maximum atomic E-state index is 12.9. The number of amides is 1. The topological polar surface area (TPSA) is 105 Å². The molecule has 2 aromatic carbocycles. The number of benzene rings is 2. The standard InChI is InChI=1S/C23H27F3N2O6S/c1-16-2-8-20(9-3-16)35(31,32)28-13-10-19(11-14-28)34-22(30)27-17-4-6-18(7-5-17)33-21(12-15-29)23(24,25)26/h2-9,19,21,29H,10-15H2,1H3,(H,27,30)/t21-/m1/s1. The number of carbonyl (C=O) groups excluding carboxylic acids is 1. The van der Waals surface area contributed by atoms with Gasteiger partial charge in [0, 0.05) is 31.8 Å². The summed E-state index contributed by atoms with van der Waals surface area (Å²) in [6.45, 7) is 1.60. The van der Waals surface area contributed by atoms with E-state index in [1.807, 2.05) is 6.92 Å². The van der Waals surface area contributed by atoms with Gasteiger partial charge in [-0.3, -0.25) is 5.32 Å². The van der Waals surface area contributed by atoms with Crippen molar-refractivity contribution in [2.24, 2.45) is 0 Å². The molecule has 0 aromatic heterocycles. The zero-order valence-electron chi connectivity index (χ0n) is 19.0. The number of anilines is 1. The number of aryl methyl sites for hydroxylation is 1. The minimum atomic E-state index is -4.63. The Morgan fingerprint density at radius 3 is 2.26 bits per heavy atom. The van der Waals surface area contributed by atoms with E-state index in [4.69, 9.17) is 14.6 Å². The van der Waals surface area contributed by atoms with Gasteiger partial charge >= 0.3 is 12.3 Å². The van der Waals surface area contributed by atoms with Crippen molar-refractivity contribution in [2.45, 2.75) is 49.5 Å². The van der Waals surface area contributed by atoms with Crippen LogP contribution in [0.4, 0.5) is 23.7 Å². The third kappa shape index (κ3) is 7.33. The average molecular weight is 517 g/mol. The normalized spacial score (nSPS) is 16.5. The molecule has 12 heteroatoms. The Kier molecular flexibility index (Phi) is 8.62. The summed E-state index contributed by atoms with van der Waals surface area (Å²) in [6.07, 6.45) is -7.94. The molecule has 0 aliphatic carbocycles.